The average molecular weight is 342 g/mol. The number of benzene rings is 1. The van der Waals surface area contributed by atoms with Gasteiger partial charge in [-0.3, -0.25) is 4.21 Å². The van der Waals surface area contributed by atoms with Gasteiger partial charge in [0.15, 0.2) is 5.75 Å². The first-order valence-electron chi connectivity index (χ1n) is 5.62. The summed E-state index contributed by atoms with van der Waals surface area (Å²) in [5.41, 5.74) is -0.0492. The molecule has 0 saturated carbocycles. The van der Waals surface area contributed by atoms with Crippen molar-refractivity contribution < 1.29 is 22.3 Å². The van der Waals surface area contributed by atoms with Crippen LogP contribution in [0, 0.1) is 0 Å². The van der Waals surface area contributed by atoms with Gasteiger partial charge in [-0.25, -0.2) is 8.42 Å². The maximum Gasteiger partial charge on any atom is 0.246 e. The Labute approximate surface area is 125 Å². The molecule has 0 amide bonds. The van der Waals surface area contributed by atoms with E-state index >= 15 is 0 Å². The molecule has 114 valence electrons. The van der Waals surface area contributed by atoms with Gasteiger partial charge < -0.3 is 14.4 Å². The molecule has 7 nitrogen and oxygen atoms in total. The van der Waals surface area contributed by atoms with E-state index in [4.69, 9.17) is 11.6 Å². The second-order valence-electron chi connectivity index (χ2n) is 3.73. The van der Waals surface area contributed by atoms with Crippen LogP contribution in [0.5, 0.6) is 5.75 Å². The van der Waals surface area contributed by atoms with Gasteiger partial charge in [-0.2, -0.15) is 4.31 Å². The van der Waals surface area contributed by atoms with Gasteiger partial charge in [0.1, 0.15) is 4.90 Å². The number of hydrogen-bond donors (Lipinski definition) is 2. The summed E-state index contributed by atoms with van der Waals surface area (Å²) in [6.07, 6.45) is 0. The average Bonchev–Trinajstić information content (AvgIpc) is 2.33. The predicted octanol–water partition coefficient (Wildman–Crippen LogP) is 1.28. The lowest BCUT2D eigenvalue weighted by Crippen LogP contribution is -2.30. The van der Waals surface area contributed by atoms with E-state index in [2.05, 4.69) is 0 Å². The van der Waals surface area contributed by atoms with Gasteiger partial charge in [-0.1, -0.05) is 25.4 Å². The van der Waals surface area contributed by atoms with Crippen LogP contribution in [-0.2, 0) is 21.3 Å². The van der Waals surface area contributed by atoms with Crippen molar-refractivity contribution in [1.29, 1.82) is 0 Å². The van der Waals surface area contributed by atoms with Gasteiger partial charge in [-0.05, 0) is 12.1 Å². The Kier molecular flexibility index (Phi) is 5.78. The summed E-state index contributed by atoms with van der Waals surface area (Å²) in [7, 11) is -3.95. The molecule has 1 atom stereocenters. The van der Waals surface area contributed by atoms with E-state index < -0.39 is 31.9 Å². The van der Waals surface area contributed by atoms with Crippen LogP contribution in [0.2, 0.25) is 5.02 Å². The molecule has 10 heteroatoms. The Morgan fingerprint density at radius 3 is 2.40 bits per heavy atom. The van der Waals surface area contributed by atoms with Crippen LogP contribution in [0.3, 0.4) is 0 Å². The Morgan fingerprint density at radius 1 is 1.40 bits per heavy atom. The lowest BCUT2D eigenvalue weighted by Gasteiger charge is -2.20. The highest BCUT2D eigenvalue weighted by Gasteiger charge is 2.27. The Balaban J connectivity index is 3.43. The van der Waals surface area contributed by atoms with E-state index in [0.29, 0.717) is 0 Å². The van der Waals surface area contributed by atoms with Crippen LogP contribution in [0.1, 0.15) is 13.8 Å². The lowest BCUT2D eigenvalue weighted by molar-refractivity contribution is 0.429. The third-order valence-electron chi connectivity index (χ3n) is 2.55. The second-order valence-corrected chi connectivity index (χ2v) is 6.72. The van der Waals surface area contributed by atoms with E-state index in [0.717, 1.165) is 16.4 Å². The molecular weight excluding hydrogens is 328 g/mol. The van der Waals surface area contributed by atoms with E-state index in [-0.39, 0.29) is 23.8 Å². The van der Waals surface area contributed by atoms with Crippen molar-refractivity contribution in [2.75, 3.05) is 17.8 Å². The van der Waals surface area contributed by atoms with Crippen molar-refractivity contribution >= 4 is 38.6 Å². The zero-order valence-electron chi connectivity index (χ0n) is 10.8. The van der Waals surface area contributed by atoms with Gasteiger partial charge in [0.05, 0.1) is 5.02 Å². The van der Waals surface area contributed by atoms with E-state index in [9.17, 15) is 22.3 Å². The van der Waals surface area contributed by atoms with Crippen molar-refractivity contribution in [3.8, 4) is 5.75 Å². The van der Waals surface area contributed by atoms with Gasteiger partial charge >= 0.3 is 0 Å². The number of rotatable bonds is 6. The lowest BCUT2D eigenvalue weighted by atomic mass is 10.3. The highest BCUT2D eigenvalue weighted by atomic mass is 35.5. The number of anilines is 1. The maximum atomic E-state index is 12.3. The van der Waals surface area contributed by atoms with Crippen molar-refractivity contribution in [3.63, 3.8) is 0 Å². The zero-order chi connectivity index (χ0) is 15.5. The van der Waals surface area contributed by atoms with Gasteiger partial charge in [0.25, 0.3) is 0 Å². The first-order chi connectivity index (χ1) is 9.23. The number of hydrogen-bond acceptors (Lipinski definition) is 5. The van der Waals surface area contributed by atoms with Crippen LogP contribution in [0.25, 0.3) is 0 Å². The van der Waals surface area contributed by atoms with Gasteiger partial charge in [-0.15, -0.1) is 0 Å². The Hall–Kier alpha value is -0.870. The summed E-state index contributed by atoms with van der Waals surface area (Å²) < 4.78 is 49.0. The highest BCUT2D eigenvalue weighted by Crippen LogP contribution is 2.35. The highest BCUT2D eigenvalue weighted by molar-refractivity contribution is 7.89. The predicted molar refractivity (Wildman–Crippen MR) is 75.8 cm³/mol. The first-order valence-corrected chi connectivity index (χ1v) is 8.51. The molecule has 1 unspecified atom stereocenters. The third-order valence-corrected chi connectivity index (χ3v) is 5.31. The minimum absolute atomic E-state index is 0.0492. The summed E-state index contributed by atoms with van der Waals surface area (Å²) in [5, 5.41) is 9.55. The Bertz CT molecular complexity index is 616. The summed E-state index contributed by atoms with van der Waals surface area (Å²) in [4.78, 5) is -0.443. The number of nitrogens with zero attached hydrogens (tertiary/aromatic N) is 1. The van der Waals surface area contributed by atoms with Crippen LogP contribution < -0.4 is 4.72 Å². The molecule has 0 fully saturated rings. The molecule has 0 saturated heterocycles. The van der Waals surface area contributed by atoms with Crippen LogP contribution in [0.15, 0.2) is 17.0 Å². The van der Waals surface area contributed by atoms with Crippen LogP contribution in [-0.4, -0.2) is 39.7 Å². The standard InChI is InChI=1S/C10H15ClN2O5S2/c1-3-13(4-2)20(17,18)9-6-7(12-19(15)16)5-8(11)10(9)14/h5-6,12,14H,3-4H2,1-2H3,(H,15,16)/p-1. The smallest absolute Gasteiger partial charge is 0.246 e. The largest absolute Gasteiger partial charge is 0.755 e. The van der Waals surface area contributed by atoms with Gasteiger partial charge in [0.2, 0.25) is 10.0 Å². The third kappa shape index (κ3) is 3.61. The molecule has 0 radical (unpaired) electrons. The van der Waals surface area contributed by atoms with E-state index in [1.807, 2.05) is 4.72 Å². The monoisotopic (exact) mass is 341 g/mol. The number of nitrogens with one attached hydrogen (secondary N) is 1. The van der Waals surface area contributed by atoms with Crippen molar-refractivity contribution in [1.82, 2.24) is 4.31 Å². The molecule has 0 spiro atoms. The van der Waals surface area contributed by atoms with Crippen LogP contribution >= 0.6 is 11.6 Å². The normalized spacial score (nSPS) is 13.4. The fraction of sp³-hybridized carbons (Fsp3) is 0.400. The fourth-order valence-corrected chi connectivity index (χ4v) is 3.80. The molecular formula is C10H14ClN2O5S2-. The summed E-state index contributed by atoms with van der Waals surface area (Å²) in [6.45, 7) is 3.71. The van der Waals surface area contributed by atoms with Crippen molar-refractivity contribution in [2.24, 2.45) is 0 Å². The SMILES string of the molecule is CCN(CC)S(=O)(=O)c1cc(NS(=O)[O-])cc(Cl)c1O. The quantitative estimate of drug-likeness (QED) is 0.598. The molecule has 2 N–H and O–H groups in total. The topological polar surface area (TPSA) is 110 Å². The minimum atomic E-state index is -3.95. The molecule has 20 heavy (non-hydrogen) atoms. The zero-order valence-corrected chi connectivity index (χ0v) is 13.2. The molecule has 0 aliphatic rings. The van der Waals surface area contributed by atoms with E-state index in [1.54, 1.807) is 13.8 Å². The summed E-state index contributed by atoms with van der Waals surface area (Å²) >= 11 is 3.10. The number of phenolic OH excluding ortho intramolecular Hbond substituents is 1. The number of phenols is 1. The molecule has 0 aliphatic heterocycles. The summed E-state index contributed by atoms with van der Waals surface area (Å²) in [6, 6.07) is 2.14. The summed E-state index contributed by atoms with van der Waals surface area (Å²) in [5.74, 6) is -0.610. The second kappa shape index (κ2) is 6.72. The van der Waals surface area contributed by atoms with Crippen molar-refractivity contribution in [2.45, 2.75) is 18.7 Å². The molecule has 0 heterocycles. The molecule has 1 rings (SSSR count). The number of sulfonamides is 1. The van der Waals surface area contributed by atoms with Crippen molar-refractivity contribution in [3.05, 3.63) is 17.2 Å². The molecule has 1 aromatic carbocycles. The maximum absolute atomic E-state index is 12.3. The Morgan fingerprint density at radius 2 is 1.95 bits per heavy atom. The molecule has 0 bridgehead atoms. The first kappa shape index (κ1) is 17.2. The molecule has 0 aliphatic carbocycles. The molecule has 1 aromatic rings. The van der Waals surface area contributed by atoms with Gasteiger partial charge in [0, 0.05) is 30.0 Å². The molecule has 0 aromatic heterocycles. The number of aromatic hydroxyl groups is 1. The van der Waals surface area contributed by atoms with Crippen LogP contribution in [0.4, 0.5) is 5.69 Å². The fourth-order valence-electron chi connectivity index (χ4n) is 1.63. The minimum Gasteiger partial charge on any atom is -0.755 e. The van der Waals surface area contributed by atoms with E-state index in [1.165, 1.54) is 0 Å². The number of halogens is 1.